The summed E-state index contributed by atoms with van der Waals surface area (Å²) in [5.41, 5.74) is 0.693. The number of thioether (sulfide) groups is 1. The fourth-order valence-corrected chi connectivity index (χ4v) is 5.21. The predicted molar refractivity (Wildman–Crippen MR) is 124 cm³/mol. The number of hydrogen-bond acceptors (Lipinski definition) is 10. The molecule has 3 atom stereocenters. The van der Waals surface area contributed by atoms with Crippen LogP contribution in [0.1, 0.15) is 38.1 Å². The van der Waals surface area contributed by atoms with E-state index in [4.69, 9.17) is 4.89 Å². The van der Waals surface area contributed by atoms with E-state index in [-0.39, 0.29) is 17.9 Å². The van der Waals surface area contributed by atoms with E-state index in [0.29, 0.717) is 38.1 Å². The van der Waals surface area contributed by atoms with Gasteiger partial charge in [0.1, 0.15) is 10.5 Å². The first-order valence-electron chi connectivity index (χ1n) is 9.56. The van der Waals surface area contributed by atoms with Gasteiger partial charge in [0.05, 0.1) is 23.6 Å². The van der Waals surface area contributed by atoms with E-state index in [1.165, 1.54) is 41.4 Å². The van der Waals surface area contributed by atoms with Crippen LogP contribution in [0.25, 0.3) is 10.3 Å². The van der Waals surface area contributed by atoms with Crippen LogP contribution < -0.4 is 10.4 Å². The van der Waals surface area contributed by atoms with Gasteiger partial charge in [-0.1, -0.05) is 36.9 Å². The molecule has 0 aromatic carbocycles. The second kappa shape index (κ2) is 10.8. The molecule has 0 spiro atoms. The van der Waals surface area contributed by atoms with Crippen molar-refractivity contribution < 1.29 is 19.3 Å². The first kappa shape index (κ1) is 24.0. The second-order valence-corrected chi connectivity index (χ2v) is 10.4. The third-order valence-corrected chi connectivity index (χ3v) is 6.72. The normalized spacial score (nSPS) is 14.6. The lowest BCUT2D eigenvalue weighted by Crippen LogP contribution is -2.26. The highest BCUT2D eigenvalue weighted by Crippen LogP contribution is 2.39. The maximum absolute atomic E-state index is 14.1. The molecule has 0 aliphatic carbocycles. The quantitative estimate of drug-likeness (QED) is 0.146. The van der Waals surface area contributed by atoms with Crippen LogP contribution in [0, 0.1) is 11.7 Å². The summed E-state index contributed by atoms with van der Waals surface area (Å²) in [5, 5.41) is 16.0. The number of aromatic nitrogens is 4. The van der Waals surface area contributed by atoms with Crippen molar-refractivity contribution in [2.75, 3.05) is 17.0 Å². The van der Waals surface area contributed by atoms with Gasteiger partial charge in [-0.05, 0) is 31.4 Å². The van der Waals surface area contributed by atoms with Crippen molar-refractivity contribution in [1.82, 2.24) is 19.9 Å². The van der Waals surface area contributed by atoms with E-state index in [1.807, 2.05) is 6.92 Å². The number of thiazole rings is 1. The molecule has 0 aliphatic heterocycles. The van der Waals surface area contributed by atoms with E-state index in [2.05, 4.69) is 44.2 Å². The van der Waals surface area contributed by atoms with Crippen molar-refractivity contribution in [3.63, 3.8) is 0 Å². The van der Waals surface area contributed by atoms with Crippen molar-refractivity contribution in [3.8, 4) is 0 Å². The number of aliphatic hydroxyl groups is 1. The highest BCUT2D eigenvalue weighted by molar-refractivity contribution is 7.99. The Kier molecular flexibility index (Phi) is 8.31. The van der Waals surface area contributed by atoms with E-state index in [9.17, 15) is 14.4 Å². The van der Waals surface area contributed by atoms with Gasteiger partial charge in [0.2, 0.25) is 0 Å². The van der Waals surface area contributed by atoms with Gasteiger partial charge in [-0.15, -0.1) is 0 Å². The van der Waals surface area contributed by atoms with Crippen molar-refractivity contribution in [1.29, 1.82) is 0 Å². The molecule has 0 saturated carbocycles. The number of hydrogen-bond donors (Lipinski definition) is 4. The van der Waals surface area contributed by atoms with Gasteiger partial charge in [-0.3, -0.25) is 15.0 Å². The van der Waals surface area contributed by atoms with Crippen LogP contribution in [0.15, 0.2) is 23.5 Å². The number of pyridine rings is 1. The zero-order chi connectivity index (χ0) is 22.5. The Hall–Kier alpha value is -1.69. The van der Waals surface area contributed by atoms with Gasteiger partial charge in [-0.25, -0.2) is 14.4 Å². The van der Waals surface area contributed by atoms with Gasteiger partial charge in [-0.2, -0.15) is 4.98 Å². The molecule has 9 nitrogen and oxygen atoms in total. The summed E-state index contributed by atoms with van der Waals surface area (Å²) in [6.45, 7) is 5.88. The summed E-state index contributed by atoms with van der Waals surface area (Å²) in [6, 6.07) is 2.68. The Bertz CT molecular complexity index is 1030. The maximum atomic E-state index is 14.1. The smallest absolute Gasteiger partial charge is 0.397 e. The molecule has 0 fully saturated rings. The molecule has 0 radical (unpaired) electrons. The largest absolute Gasteiger partial charge is 0.483 e. The van der Waals surface area contributed by atoms with Crippen molar-refractivity contribution in [2.45, 2.75) is 43.6 Å². The molecule has 0 bridgehead atoms. The molecule has 0 aliphatic rings. The lowest BCUT2D eigenvalue weighted by Gasteiger charge is -2.19. The first-order chi connectivity index (χ1) is 14.8. The summed E-state index contributed by atoms with van der Waals surface area (Å²) in [5.74, 6) is 0.465. The Morgan fingerprint density at radius 1 is 1.29 bits per heavy atom. The van der Waals surface area contributed by atoms with E-state index >= 15 is 0 Å². The second-order valence-electron chi connectivity index (χ2n) is 7.23. The molecule has 168 valence electrons. The topological polar surface area (TPSA) is 139 Å². The number of rotatable bonds is 10. The molecular formula is C18H25FN6O3PS2+. The zero-order valence-corrected chi connectivity index (χ0v) is 19.7. The predicted octanol–water partition coefficient (Wildman–Crippen LogP) is 3.65. The summed E-state index contributed by atoms with van der Waals surface area (Å²) < 4.78 is 14.8. The van der Waals surface area contributed by atoms with E-state index < -0.39 is 14.3 Å². The van der Waals surface area contributed by atoms with E-state index in [1.54, 1.807) is 0 Å². The number of halogens is 1. The van der Waals surface area contributed by atoms with Crippen LogP contribution in [0.4, 0.5) is 15.3 Å². The average Bonchev–Trinajstić information content (AvgIpc) is 3.09. The minimum atomic E-state index is -2.13. The lowest BCUT2D eigenvalue weighted by molar-refractivity contribution is 0.259. The third kappa shape index (κ3) is 6.41. The van der Waals surface area contributed by atoms with Crippen molar-refractivity contribution >= 4 is 52.9 Å². The van der Waals surface area contributed by atoms with Crippen LogP contribution in [0.5, 0.6) is 0 Å². The molecule has 3 aromatic rings. The fraction of sp³-hybridized carbons (Fsp3) is 0.444. The van der Waals surface area contributed by atoms with Gasteiger partial charge in [0, 0.05) is 6.20 Å². The molecule has 13 heteroatoms. The van der Waals surface area contributed by atoms with Crippen molar-refractivity contribution in [2.24, 2.45) is 5.92 Å². The Balaban J connectivity index is 1.96. The molecule has 6 N–H and O–H groups in total. The van der Waals surface area contributed by atoms with Crippen molar-refractivity contribution in [3.05, 3.63) is 29.8 Å². The summed E-state index contributed by atoms with van der Waals surface area (Å²) >= 11 is 2.46. The summed E-state index contributed by atoms with van der Waals surface area (Å²) in [4.78, 5) is 34.3. The fourth-order valence-electron chi connectivity index (χ4n) is 2.95. The van der Waals surface area contributed by atoms with E-state index in [0.717, 1.165) is 6.42 Å². The van der Waals surface area contributed by atoms with Crippen LogP contribution in [0.3, 0.4) is 0 Å². The monoisotopic (exact) mass is 487 g/mol. The minimum Gasteiger partial charge on any atom is -0.397 e. The van der Waals surface area contributed by atoms with Gasteiger partial charge in [0.25, 0.3) is 0 Å². The van der Waals surface area contributed by atoms with Crippen LogP contribution >= 0.6 is 31.6 Å². The Morgan fingerprint density at radius 2 is 2.06 bits per heavy atom. The minimum absolute atomic E-state index is 0.0692. The highest BCUT2D eigenvalue weighted by atomic mass is 32.2. The number of nitrogens with one attached hydrogen (secondary N) is 2. The molecule has 3 rings (SSSR count). The first-order valence-corrected chi connectivity index (χ1v) is 12.6. The van der Waals surface area contributed by atoms with Gasteiger partial charge >= 0.3 is 8.53 Å². The molecule has 0 saturated heterocycles. The average molecular weight is 488 g/mol. The molecule has 3 heterocycles. The van der Waals surface area contributed by atoms with Crippen LogP contribution in [0.2, 0.25) is 0 Å². The molecular weight excluding hydrogens is 462 g/mol. The molecule has 31 heavy (non-hydrogen) atoms. The SMILES string of the molecule is CC(C)CC(CO)Nc1nc(SC(C)c2ncccc2F)nc2nc(NP(O)[OH2+])sc12. The standard InChI is InChI=1S/C18H24FN6O3PS2/c1-9(2)7-11(8-26)21-15-14-16(24-18(31-14)25-29(27)28)23-17(22-15)30-10(3)13-12(19)5-4-6-20-13/h4-6,9-11,26-28H,7-8H2,1-3H3,(H2,21,22,23,24,25)/p+1. The zero-order valence-electron chi connectivity index (χ0n) is 17.2. The number of anilines is 2. The number of aliphatic hydroxyl groups excluding tert-OH is 1. The van der Waals surface area contributed by atoms with Crippen LogP contribution in [-0.4, -0.2) is 47.5 Å². The highest BCUT2D eigenvalue weighted by Gasteiger charge is 2.21. The van der Waals surface area contributed by atoms with Gasteiger partial charge < -0.3 is 15.3 Å². The lowest BCUT2D eigenvalue weighted by atomic mass is 10.0. The summed E-state index contributed by atoms with van der Waals surface area (Å²) in [7, 11) is -2.13. The van der Waals surface area contributed by atoms with Gasteiger partial charge in [0.15, 0.2) is 21.8 Å². The Labute approximate surface area is 188 Å². The number of fused-ring (bicyclic) bond motifs is 1. The third-order valence-electron chi connectivity index (χ3n) is 4.21. The molecule has 3 unspecified atom stereocenters. The molecule has 0 amide bonds. The number of nitrogens with zero attached hydrogens (tertiary/aromatic N) is 4. The Morgan fingerprint density at radius 3 is 2.71 bits per heavy atom. The maximum Gasteiger partial charge on any atom is 0.483 e. The molecule has 3 aromatic heterocycles. The summed E-state index contributed by atoms with van der Waals surface area (Å²) in [6.07, 6.45) is 2.27. The van der Waals surface area contributed by atoms with Crippen LogP contribution in [-0.2, 0) is 0 Å².